The summed E-state index contributed by atoms with van der Waals surface area (Å²) in [7, 11) is 0. The van der Waals surface area contributed by atoms with Crippen LogP contribution < -0.4 is 5.32 Å². The van der Waals surface area contributed by atoms with E-state index in [4.69, 9.17) is 17.0 Å². The average Bonchev–Trinajstić information content (AvgIpc) is 2.52. The summed E-state index contributed by atoms with van der Waals surface area (Å²) in [5.41, 5.74) is 3.46. The normalized spacial score (nSPS) is 18.0. The van der Waals surface area contributed by atoms with Gasteiger partial charge in [-0.05, 0) is 63.0 Å². The minimum atomic E-state index is -0.110. The molecule has 0 spiro atoms. The van der Waals surface area contributed by atoms with E-state index in [1.165, 1.54) is 11.1 Å². The highest BCUT2D eigenvalue weighted by atomic mass is 32.1. The third kappa shape index (κ3) is 3.97. The summed E-state index contributed by atoms with van der Waals surface area (Å²) in [6.45, 7) is 7.95. The Morgan fingerprint density at radius 1 is 1.45 bits per heavy atom. The van der Waals surface area contributed by atoms with E-state index in [0.717, 1.165) is 25.1 Å². The average molecular weight is 320 g/mol. The van der Waals surface area contributed by atoms with Crippen molar-refractivity contribution >= 4 is 29.0 Å². The fourth-order valence-electron chi connectivity index (χ4n) is 2.69. The molecule has 2 rings (SSSR count). The number of esters is 1. The Bertz CT molecular complexity index is 560. The van der Waals surface area contributed by atoms with E-state index in [1.807, 2.05) is 19.1 Å². The highest BCUT2D eigenvalue weighted by Crippen LogP contribution is 2.21. The molecule has 0 amide bonds. The second kappa shape index (κ2) is 7.58. The Labute approximate surface area is 137 Å². The SMILES string of the molecule is CCOC(=O)[C@@H]1CCCN(C(=S)Nc2cccc(C)c2C)C1. The lowest BCUT2D eigenvalue weighted by Crippen LogP contribution is -2.44. The number of likely N-dealkylation sites (tertiary alicyclic amines) is 1. The molecule has 1 aliphatic rings. The smallest absolute Gasteiger partial charge is 0.310 e. The first-order valence-electron chi connectivity index (χ1n) is 7.81. The van der Waals surface area contributed by atoms with Gasteiger partial charge < -0.3 is 15.0 Å². The number of aryl methyl sites for hydroxylation is 1. The van der Waals surface area contributed by atoms with Crippen molar-refractivity contribution in [3.05, 3.63) is 29.3 Å². The Balaban J connectivity index is 2.00. The van der Waals surface area contributed by atoms with Crippen LogP contribution in [0.15, 0.2) is 18.2 Å². The van der Waals surface area contributed by atoms with Crippen LogP contribution in [-0.4, -0.2) is 35.7 Å². The molecule has 1 fully saturated rings. The number of hydrogen-bond donors (Lipinski definition) is 1. The van der Waals surface area contributed by atoms with Gasteiger partial charge in [0.25, 0.3) is 0 Å². The Morgan fingerprint density at radius 3 is 2.95 bits per heavy atom. The summed E-state index contributed by atoms with van der Waals surface area (Å²) < 4.78 is 5.13. The lowest BCUT2D eigenvalue weighted by atomic mass is 9.98. The number of nitrogens with one attached hydrogen (secondary N) is 1. The summed E-state index contributed by atoms with van der Waals surface area (Å²) in [5.74, 6) is -0.186. The zero-order valence-electron chi connectivity index (χ0n) is 13.5. The maximum atomic E-state index is 11.9. The van der Waals surface area contributed by atoms with E-state index >= 15 is 0 Å². The van der Waals surface area contributed by atoms with Crippen LogP contribution in [0, 0.1) is 19.8 Å². The number of carbonyl (C=O) groups is 1. The summed E-state index contributed by atoms with van der Waals surface area (Å²) in [4.78, 5) is 14.0. The van der Waals surface area contributed by atoms with E-state index in [0.29, 0.717) is 18.3 Å². The van der Waals surface area contributed by atoms with E-state index in [9.17, 15) is 4.79 Å². The fourth-order valence-corrected chi connectivity index (χ4v) is 2.97. The molecule has 1 N–H and O–H groups in total. The third-order valence-electron chi connectivity index (χ3n) is 4.17. The molecule has 0 radical (unpaired) electrons. The molecule has 1 aromatic carbocycles. The molecule has 120 valence electrons. The number of anilines is 1. The molecule has 1 saturated heterocycles. The molecule has 0 aliphatic carbocycles. The van der Waals surface area contributed by atoms with Gasteiger partial charge in [-0.1, -0.05) is 12.1 Å². The van der Waals surface area contributed by atoms with Gasteiger partial charge in [-0.25, -0.2) is 0 Å². The van der Waals surface area contributed by atoms with Gasteiger partial charge in [0.15, 0.2) is 5.11 Å². The lowest BCUT2D eigenvalue weighted by molar-refractivity contribution is -0.149. The minimum absolute atomic E-state index is 0.0768. The molecular formula is C17H24N2O2S. The Morgan fingerprint density at radius 2 is 2.23 bits per heavy atom. The first-order valence-corrected chi connectivity index (χ1v) is 8.22. The van der Waals surface area contributed by atoms with Gasteiger partial charge in [-0.2, -0.15) is 0 Å². The number of thiocarbonyl (C=S) groups is 1. The molecule has 0 unspecified atom stereocenters. The molecule has 0 saturated carbocycles. The van der Waals surface area contributed by atoms with E-state index < -0.39 is 0 Å². The molecular weight excluding hydrogens is 296 g/mol. The molecule has 1 aliphatic heterocycles. The van der Waals surface area contributed by atoms with Crippen molar-refractivity contribution < 1.29 is 9.53 Å². The van der Waals surface area contributed by atoms with Crippen LogP contribution in [0.2, 0.25) is 0 Å². The zero-order chi connectivity index (χ0) is 16.1. The largest absolute Gasteiger partial charge is 0.466 e. The van der Waals surface area contributed by atoms with Crippen molar-refractivity contribution in [2.24, 2.45) is 5.92 Å². The van der Waals surface area contributed by atoms with Crippen LogP contribution >= 0.6 is 12.2 Å². The van der Waals surface area contributed by atoms with Crippen LogP contribution in [0.25, 0.3) is 0 Å². The van der Waals surface area contributed by atoms with E-state index in [-0.39, 0.29) is 11.9 Å². The number of nitrogens with zero attached hydrogens (tertiary/aromatic N) is 1. The van der Waals surface area contributed by atoms with Crippen molar-refractivity contribution in [3.63, 3.8) is 0 Å². The second-order valence-corrected chi connectivity index (χ2v) is 6.10. The lowest BCUT2D eigenvalue weighted by Gasteiger charge is -2.33. The summed E-state index contributed by atoms with van der Waals surface area (Å²) in [6, 6.07) is 6.13. The molecule has 22 heavy (non-hydrogen) atoms. The molecule has 1 atom stereocenters. The van der Waals surface area contributed by atoms with E-state index in [2.05, 4.69) is 30.1 Å². The highest BCUT2D eigenvalue weighted by Gasteiger charge is 2.28. The highest BCUT2D eigenvalue weighted by molar-refractivity contribution is 7.80. The third-order valence-corrected chi connectivity index (χ3v) is 4.54. The number of carbonyl (C=O) groups excluding carboxylic acids is 1. The quantitative estimate of drug-likeness (QED) is 0.684. The number of hydrogen-bond acceptors (Lipinski definition) is 3. The standard InChI is InChI=1S/C17H24N2O2S/c1-4-21-16(20)14-8-6-10-19(11-14)17(22)18-15-9-5-7-12(2)13(15)3/h5,7,9,14H,4,6,8,10-11H2,1-3H3,(H,18,22)/t14-/m1/s1. The maximum Gasteiger partial charge on any atom is 0.310 e. The van der Waals surface area contributed by atoms with Gasteiger partial charge in [0.1, 0.15) is 0 Å². The van der Waals surface area contributed by atoms with Gasteiger partial charge >= 0.3 is 5.97 Å². The van der Waals surface area contributed by atoms with Crippen molar-refractivity contribution in [1.82, 2.24) is 4.90 Å². The van der Waals surface area contributed by atoms with Crippen molar-refractivity contribution in [2.45, 2.75) is 33.6 Å². The predicted octanol–water partition coefficient (Wildman–Crippen LogP) is 3.28. The fraction of sp³-hybridized carbons (Fsp3) is 0.529. The number of ether oxygens (including phenoxy) is 1. The summed E-state index contributed by atoms with van der Waals surface area (Å²) in [6.07, 6.45) is 1.83. The Kier molecular flexibility index (Phi) is 5.77. The molecule has 0 aromatic heterocycles. The monoisotopic (exact) mass is 320 g/mol. The first kappa shape index (κ1) is 16.7. The van der Waals surface area contributed by atoms with Crippen LogP contribution in [-0.2, 0) is 9.53 Å². The van der Waals surface area contributed by atoms with Gasteiger partial charge in [0.05, 0.1) is 12.5 Å². The van der Waals surface area contributed by atoms with Crippen LogP contribution in [0.5, 0.6) is 0 Å². The Hall–Kier alpha value is -1.62. The predicted molar refractivity (Wildman–Crippen MR) is 93.1 cm³/mol. The van der Waals surface area contributed by atoms with Crippen molar-refractivity contribution in [2.75, 3.05) is 25.0 Å². The van der Waals surface area contributed by atoms with Gasteiger partial charge in [0, 0.05) is 18.8 Å². The van der Waals surface area contributed by atoms with Crippen molar-refractivity contribution in [3.8, 4) is 0 Å². The van der Waals surface area contributed by atoms with Crippen LogP contribution in [0.1, 0.15) is 30.9 Å². The van der Waals surface area contributed by atoms with Crippen LogP contribution in [0.4, 0.5) is 5.69 Å². The van der Waals surface area contributed by atoms with Gasteiger partial charge in [-0.3, -0.25) is 4.79 Å². The maximum absolute atomic E-state index is 11.9. The topological polar surface area (TPSA) is 41.6 Å². The molecule has 0 bridgehead atoms. The van der Waals surface area contributed by atoms with Gasteiger partial charge in [-0.15, -0.1) is 0 Å². The van der Waals surface area contributed by atoms with E-state index in [1.54, 1.807) is 0 Å². The van der Waals surface area contributed by atoms with Crippen molar-refractivity contribution in [1.29, 1.82) is 0 Å². The first-order chi connectivity index (χ1) is 10.5. The number of piperidine rings is 1. The zero-order valence-corrected chi connectivity index (χ0v) is 14.3. The summed E-state index contributed by atoms with van der Waals surface area (Å²) >= 11 is 5.53. The molecule has 1 aromatic rings. The number of benzene rings is 1. The number of rotatable bonds is 3. The minimum Gasteiger partial charge on any atom is -0.466 e. The molecule has 4 nitrogen and oxygen atoms in total. The molecule has 5 heteroatoms. The summed E-state index contributed by atoms with van der Waals surface area (Å²) in [5, 5.41) is 4.00. The van der Waals surface area contributed by atoms with Gasteiger partial charge in [0.2, 0.25) is 0 Å². The second-order valence-electron chi connectivity index (χ2n) is 5.71. The van der Waals surface area contributed by atoms with Crippen LogP contribution in [0.3, 0.4) is 0 Å². The molecule has 1 heterocycles.